The van der Waals surface area contributed by atoms with Crippen molar-refractivity contribution in [3.05, 3.63) is 70.8 Å². The Morgan fingerprint density at radius 2 is 0.971 bits per heavy atom. The SMILES string of the molecule is CN1C(=O)C2=C(c3ccc(N(C)CCO)cc3)N(C)C(=O)C2=C1c1ccc(N(C)CCO)cc1. The molecule has 0 aromatic heterocycles. The van der Waals surface area contributed by atoms with Gasteiger partial charge in [0, 0.05) is 52.7 Å². The Hall–Kier alpha value is -3.62. The van der Waals surface area contributed by atoms with Gasteiger partial charge in [-0.25, -0.2) is 0 Å². The normalized spacial score (nSPS) is 15.6. The molecule has 2 N–H and O–H groups in total. The molecule has 0 saturated heterocycles. The summed E-state index contributed by atoms with van der Waals surface area (Å²) >= 11 is 0. The Balaban J connectivity index is 1.77. The van der Waals surface area contributed by atoms with Crippen LogP contribution in [0.2, 0.25) is 0 Å². The van der Waals surface area contributed by atoms with E-state index in [2.05, 4.69) is 0 Å². The average molecular weight is 463 g/mol. The van der Waals surface area contributed by atoms with Gasteiger partial charge < -0.3 is 29.8 Å². The zero-order valence-corrected chi connectivity index (χ0v) is 19.9. The van der Waals surface area contributed by atoms with E-state index in [1.807, 2.05) is 72.4 Å². The standard InChI is InChI=1S/C26H30N4O4/c1-27(13-15-31)19-9-5-17(6-10-19)23-21-22(26(34)29(23)3)24(30(4)25(21)33)18-7-11-20(12-8-18)28(2)14-16-32/h5-12,31-32H,13-16H2,1-4H3. The molecule has 0 atom stereocenters. The molecule has 0 saturated carbocycles. The molecule has 8 heteroatoms. The molecule has 0 spiro atoms. The van der Waals surface area contributed by atoms with Gasteiger partial charge in [0.2, 0.25) is 0 Å². The van der Waals surface area contributed by atoms with Crippen molar-refractivity contribution in [1.29, 1.82) is 0 Å². The molecular weight excluding hydrogens is 432 g/mol. The third-order valence-corrected chi connectivity index (χ3v) is 6.47. The van der Waals surface area contributed by atoms with E-state index in [4.69, 9.17) is 0 Å². The zero-order chi connectivity index (χ0) is 24.6. The lowest BCUT2D eigenvalue weighted by Crippen LogP contribution is -2.25. The lowest BCUT2D eigenvalue weighted by molar-refractivity contribution is -0.123. The minimum atomic E-state index is -0.208. The van der Waals surface area contributed by atoms with Crippen molar-refractivity contribution in [3.8, 4) is 0 Å². The highest BCUT2D eigenvalue weighted by Crippen LogP contribution is 2.45. The van der Waals surface area contributed by atoms with Crippen LogP contribution in [0.4, 0.5) is 11.4 Å². The van der Waals surface area contributed by atoms with E-state index < -0.39 is 0 Å². The van der Waals surface area contributed by atoms with Crippen LogP contribution in [-0.2, 0) is 9.59 Å². The zero-order valence-electron chi connectivity index (χ0n) is 19.9. The third kappa shape index (κ3) is 3.85. The smallest absolute Gasteiger partial charge is 0.261 e. The van der Waals surface area contributed by atoms with Gasteiger partial charge in [-0.3, -0.25) is 9.59 Å². The molecule has 2 aliphatic rings. The van der Waals surface area contributed by atoms with E-state index in [1.165, 1.54) is 0 Å². The molecule has 2 aliphatic heterocycles. The van der Waals surface area contributed by atoms with E-state index in [9.17, 15) is 19.8 Å². The van der Waals surface area contributed by atoms with E-state index >= 15 is 0 Å². The number of benzene rings is 2. The van der Waals surface area contributed by atoms with Gasteiger partial charge in [-0.2, -0.15) is 0 Å². The number of anilines is 2. The first-order valence-corrected chi connectivity index (χ1v) is 11.2. The van der Waals surface area contributed by atoms with Crippen molar-refractivity contribution in [3.63, 3.8) is 0 Å². The highest BCUT2D eigenvalue weighted by atomic mass is 16.3. The maximum Gasteiger partial charge on any atom is 0.261 e. The van der Waals surface area contributed by atoms with Crippen LogP contribution in [0.5, 0.6) is 0 Å². The van der Waals surface area contributed by atoms with Crippen LogP contribution in [0.15, 0.2) is 59.7 Å². The number of carbonyl (C=O) groups is 2. The van der Waals surface area contributed by atoms with Crippen molar-refractivity contribution in [2.24, 2.45) is 0 Å². The molecule has 0 fully saturated rings. The highest BCUT2D eigenvalue weighted by molar-refractivity contribution is 6.30. The van der Waals surface area contributed by atoms with Crippen LogP contribution >= 0.6 is 0 Å². The van der Waals surface area contributed by atoms with Crippen LogP contribution in [0, 0.1) is 0 Å². The van der Waals surface area contributed by atoms with Crippen molar-refractivity contribution >= 4 is 34.6 Å². The fraction of sp³-hybridized carbons (Fsp3) is 0.308. The van der Waals surface area contributed by atoms with E-state index in [1.54, 1.807) is 23.9 Å². The number of hydrogen-bond donors (Lipinski definition) is 2. The first kappa shape index (κ1) is 23.5. The van der Waals surface area contributed by atoms with E-state index in [0.29, 0.717) is 35.6 Å². The van der Waals surface area contributed by atoms with Gasteiger partial charge in [0.05, 0.1) is 35.8 Å². The van der Waals surface area contributed by atoms with Gasteiger partial charge in [-0.05, 0) is 35.4 Å². The second-order valence-electron chi connectivity index (χ2n) is 8.56. The minimum absolute atomic E-state index is 0.0568. The number of amides is 2. The lowest BCUT2D eigenvalue weighted by atomic mass is 10.0. The summed E-state index contributed by atoms with van der Waals surface area (Å²) in [6.07, 6.45) is 0. The van der Waals surface area contributed by atoms with Crippen LogP contribution in [0.3, 0.4) is 0 Å². The third-order valence-electron chi connectivity index (χ3n) is 6.47. The quantitative estimate of drug-likeness (QED) is 0.620. The fourth-order valence-electron chi connectivity index (χ4n) is 4.51. The molecule has 2 heterocycles. The summed E-state index contributed by atoms with van der Waals surface area (Å²) in [6.45, 7) is 1.14. The molecule has 0 radical (unpaired) electrons. The number of nitrogens with zero attached hydrogens (tertiary/aromatic N) is 4. The first-order valence-electron chi connectivity index (χ1n) is 11.2. The molecule has 0 aliphatic carbocycles. The monoisotopic (exact) mass is 462 g/mol. The molecular formula is C26H30N4O4. The van der Waals surface area contributed by atoms with Crippen molar-refractivity contribution in [1.82, 2.24) is 9.80 Å². The molecule has 2 aromatic rings. The lowest BCUT2D eigenvalue weighted by Gasteiger charge is -2.22. The summed E-state index contributed by atoms with van der Waals surface area (Å²) in [5.41, 5.74) is 5.48. The van der Waals surface area contributed by atoms with Crippen LogP contribution in [-0.4, -0.2) is 86.3 Å². The summed E-state index contributed by atoms with van der Waals surface area (Å²) in [4.78, 5) is 33.6. The summed E-state index contributed by atoms with van der Waals surface area (Å²) in [7, 11) is 7.18. The maximum absolute atomic E-state index is 13.3. The first-order chi connectivity index (χ1) is 16.3. The molecule has 2 amide bonds. The molecule has 178 valence electrons. The van der Waals surface area contributed by atoms with Gasteiger partial charge in [-0.1, -0.05) is 24.3 Å². The molecule has 8 nitrogen and oxygen atoms in total. The number of carbonyl (C=O) groups excluding carboxylic acids is 2. The molecule has 0 bridgehead atoms. The number of aliphatic hydroxyl groups excluding tert-OH is 2. The van der Waals surface area contributed by atoms with Crippen molar-refractivity contribution < 1.29 is 19.8 Å². The van der Waals surface area contributed by atoms with E-state index in [-0.39, 0.29) is 25.0 Å². The van der Waals surface area contributed by atoms with Gasteiger partial charge in [-0.15, -0.1) is 0 Å². The molecule has 0 unspecified atom stereocenters. The summed E-state index contributed by atoms with van der Waals surface area (Å²) in [5, 5.41) is 18.4. The Morgan fingerprint density at radius 1 is 0.647 bits per heavy atom. The van der Waals surface area contributed by atoms with Crippen LogP contribution in [0.25, 0.3) is 11.4 Å². The number of rotatable bonds is 8. The predicted octanol–water partition coefficient (Wildman–Crippen LogP) is 1.61. The second kappa shape index (κ2) is 9.32. The van der Waals surface area contributed by atoms with Crippen LogP contribution < -0.4 is 9.80 Å². The van der Waals surface area contributed by atoms with Crippen molar-refractivity contribution in [2.75, 3.05) is 64.3 Å². The Kier molecular flexibility index (Phi) is 6.45. The van der Waals surface area contributed by atoms with Gasteiger partial charge in [0.1, 0.15) is 0 Å². The second-order valence-corrected chi connectivity index (χ2v) is 8.56. The molecule has 34 heavy (non-hydrogen) atoms. The highest BCUT2D eigenvalue weighted by Gasteiger charge is 2.46. The topological polar surface area (TPSA) is 87.6 Å². The van der Waals surface area contributed by atoms with E-state index in [0.717, 1.165) is 22.5 Å². The Labute approximate surface area is 199 Å². The Bertz CT molecular complexity index is 1070. The van der Waals surface area contributed by atoms with Gasteiger partial charge in [0.15, 0.2) is 0 Å². The van der Waals surface area contributed by atoms with Crippen molar-refractivity contribution in [2.45, 2.75) is 0 Å². The number of likely N-dealkylation sites (N-methyl/N-ethyl adjacent to an activating group) is 4. The van der Waals surface area contributed by atoms with Gasteiger partial charge >= 0.3 is 0 Å². The predicted molar refractivity (Wildman–Crippen MR) is 133 cm³/mol. The number of aliphatic hydroxyl groups is 2. The largest absolute Gasteiger partial charge is 0.395 e. The average Bonchev–Trinajstić information content (AvgIpc) is 3.24. The number of hydrogen-bond acceptors (Lipinski definition) is 6. The number of fused-ring (bicyclic) bond motifs is 1. The summed E-state index contributed by atoms with van der Waals surface area (Å²) in [6, 6.07) is 15.3. The van der Waals surface area contributed by atoms with Crippen LogP contribution in [0.1, 0.15) is 11.1 Å². The molecule has 2 aromatic carbocycles. The Morgan fingerprint density at radius 3 is 1.26 bits per heavy atom. The maximum atomic E-state index is 13.3. The molecule has 4 rings (SSSR count). The fourth-order valence-corrected chi connectivity index (χ4v) is 4.51. The van der Waals surface area contributed by atoms with Gasteiger partial charge in [0.25, 0.3) is 11.8 Å². The summed E-state index contributed by atoms with van der Waals surface area (Å²) < 4.78 is 0. The summed E-state index contributed by atoms with van der Waals surface area (Å²) in [5.74, 6) is -0.415. The minimum Gasteiger partial charge on any atom is -0.395 e.